The summed E-state index contributed by atoms with van der Waals surface area (Å²) in [6.45, 7) is 11.3. The average Bonchev–Trinajstić information content (AvgIpc) is 3.30. The lowest BCUT2D eigenvalue weighted by Gasteiger charge is -2.31. The smallest absolute Gasteiger partial charge is 0.337 e. The monoisotopic (exact) mass is 564 g/mol. The summed E-state index contributed by atoms with van der Waals surface area (Å²) in [6.07, 6.45) is 3.24. The number of Topliss-reactive ketones (excluding diaryl/α,β-unsaturated/α-hetero) is 1. The van der Waals surface area contributed by atoms with E-state index in [0.29, 0.717) is 34.6 Å². The molecule has 0 fully saturated rings. The number of carboxylic acids is 1. The number of nitrogens with zero attached hydrogens (tertiary/aromatic N) is 3. The Morgan fingerprint density at radius 1 is 1.20 bits per heavy atom. The normalized spacial score (nSPS) is 15.8. The van der Waals surface area contributed by atoms with Crippen LogP contribution in [-0.2, 0) is 20.7 Å². The summed E-state index contributed by atoms with van der Waals surface area (Å²) < 4.78 is 20.7. The Kier molecular flexibility index (Phi) is 8.44. The first-order valence-corrected chi connectivity index (χ1v) is 13.7. The molecule has 41 heavy (non-hydrogen) atoms. The van der Waals surface area contributed by atoms with Crippen LogP contribution in [-0.4, -0.2) is 49.5 Å². The number of aromatic nitrogens is 3. The molecule has 2 N–H and O–H groups in total. The molecule has 1 amide bonds. The topological polar surface area (TPSA) is 123 Å². The fourth-order valence-corrected chi connectivity index (χ4v) is 4.91. The number of amides is 1. The Morgan fingerprint density at radius 2 is 1.88 bits per heavy atom. The summed E-state index contributed by atoms with van der Waals surface area (Å²) in [4.78, 5) is 42.6. The highest BCUT2D eigenvalue weighted by atomic mass is 19.1. The van der Waals surface area contributed by atoms with Crippen LogP contribution >= 0.6 is 0 Å². The maximum absolute atomic E-state index is 13.1. The van der Waals surface area contributed by atoms with Crippen LogP contribution in [0.25, 0.3) is 11.2 Å². The molecule has 0 radical (unpaired) electrons. The molecule has 218 valence electrons. The van der Waals surface area contributed by atoms with Crippen LogP contribution in [0.4, 0.5) is 4.39 Å². The summed E-state index contributed by atoms with van der Waals surface area (Å²) in [6, 6.07) is 7.14. The Labute approximate surface area is 238 Å². The maximum Gasteiger partial charge on any atom is 0.337 e. The third kappa shape index (κ3) is 7.24. The van der Waals surface area contributed by atoms with Gasteiger partial charge in [-0.3, -0.25) is 9.59 Å². The molecule has 2 heterocycles. The van der Waals surface area contributed by atoms with E-state index in [1.165, 1.54) is 34.8 Å². The van der Waals surface area contributed by atoms with Crippen LogP contribution in [0.2, 0.25) is 0 Å². The molecule has 0 saturated heterocycles. The predicted molar refractivity (Wildman–Crippen MR) is 152 cm³/mol. The van der Waals surface area contributed by atoms with Gasteiger partial charge in [0.25, 0.3) is 5.91 Å². The Hall–Kier alpha value is -3.92. The SMILES string of the molecule is Cc1nc2cc(C(=O)NCC(=O)Cc3ccc(F)cc3)nn2c(C2=CCC(C)(C)CC2)c1C(OC(C)(C)C)C(=O)O. The molecule has 1 aromatic carbocycles. The van der Waals surface area contributed by atoms with Crippen LogP contribution in [0.5, 0.6) is 0 Å². The van der Waals surface area contributed by atoms with E-state index >= 15 is 0 Å². The van der Waals surface area contributed by atoms with Gasteiger partial charge in [0, 0.05) is 23.7 Å². The highest BCUT2D eigenvalue weighted by Crippen LogP contribution is 2.41. The van der Waals surface area contributed by atoms with Gasteiger partial charge in [-0.25, -0.2) is 18.7 Å². The van der Waals surface area contributed by atoms with Gasteiger partial charge in [-0.05, 0) is 75.6 Å². The molecule has 1 atom stereocenters. The molecule has 1 unspecified atom stereocenters. The van der Waals surface area contributed by atoms with Gasteiger partial charge in [0.05, 0.1) is 17.8 Å². The van der Waals surface area contributed by atoms with Gasteiger partial charge in [-0.15, -0.1) is 0 Å². The highest BCUT2D eigenvalue weighted by Gasteiger charge is 2.35. The number of hydrogen-bond acceptors (Lipinski definition) is 6. The van der Waals surface area contributed by atoms with Crippen molar-refractivity contribution < 1.29 is 28.6 Å². The summed E-state index contributed by atoms with van der Waals surface area (Å²) in [5, 5.41) is 17.3. The number of ketones is 1. The van der Waals surface area contributed by atoms with Gasteiger partial charge in [0.1, 0.15) is 5.82 Å². The van der Waals surface area contributed by atoms with Crippen molar-refractivity contribution in [3.05, 3.63) is 70.4 Å². The second-order valence-corrected chi connectivity index (χ2v) is 12.3. The van der Waals surface area contributed by atoms with Crippen molar-refractivity contribution in [1.82, 2.24) is 19.9 Å². The summed E-state index contributed by atoms with van der Waals surface area (Å²) in [5.74, 6) is -2.34. The molecule has 3 aromatic rings. The van der Waals surface area contributed by atoms with E-state index < -0.39 is 23.6 Å². The second kappa shape index (κ2) is 11.5. The quantitative estimate of drug-likeness (QED) is 0.364. The van der Waals surface area contributed by atoms with E-state index in [0.717, 1.165) is 18.4 Å². The summed E-state index contributed by atoms with van der Waals surface area (Å²) >= 11 is 0. The molecular formula is C31H37FN4O5. The van der Waals surface area contributed by atoms with Crippen LogP contribution in [0.1, 0.15) is 93.0 Å². The van der Waals surface area contributed by atoms with Crippen LogP contribution in [0.3, 0.4) is 0 Å². The zero-order chi connectivity index (χ0) is 30.1. The first-order valence-electron chi connectivity index (χ1n) is 13.7. The molecule has 0 bridgehead atoms. The molecule has 10 heteroatoms. The number of halogens is 1. The van der Waals surface area contributed by atoms with Crippen molar-refractivity contribution in [2.24, 2.45) is 5.41 Å². The standard InChI is InChI=1S/C31H37FN4O5/c1-18-25(27(29(39)40)41-30(2,3)4)26(20-11-13-31(5,6)14-12-20)36-24(34-18)16-23(35-36)28(38)33-17-22(37)15-19-7-9-21(32)10-8-19/h7-11,16,27H,12-15,17H2,1-6H3,(H,33,38)(H,39,40). The number of allylic oxidation sites excluding steroid dienone is 2. The van der Waals surface area contributed by atoms with Gasteiger partial charge < -0.3 is 15.2 Å². The zero-order valence-electron chi connectivity index (χ0n) is 24.4. The molecule has 9 nitrogen and oxygen atoms in total. The number of fused-ring (bicyclic) bond motifs is 1. The van der Waals surface area contributed by atoms with E-state index in [-0.39, 0.29) is 35.7 Å². The molecule has 0 spiro atoms. The van der Waals surface area contributed by atoms with E-state index in [1.807, 2.05) is 0 Å². The first-order chi connectivity index (χ1) is 19.1. The second-order valence-electron chi connectivity index (χ2n) is 12.3. The van der Waals surface area contributed by atoms with Crippen molar-refractivity contribution in [2.75, 3.05) is 6.54 Å². The number of rotatable bonds is 9. The van der Waals surface area contributed by atoms with E-state index in [4.69, 9.17) is 4.74 Å². The molecule has 0 aliphatic heterocycles. The number of aryl methyl sites for hydroxylation is 1. The number of carbonyl (C=O) groups is 3. The molecule has 1 aliphatic carbocycles. The highest BCUT2D eigenvalue weighted by molar-refractivity contribution is 5.96. The van der Waals surface area contributed by atoms with Crippen molar-refractivity contribution in [3.8, 4) is 0 Å². The number of carboxylic acid groups (broad SMARTS) is 1. The maximum atomic E-state index is 13.1. The molecule has 1 aliphatic rings. The minimum Gasteiger partial charge on any atom is -0.479 e. The van der Waals surface area contributed by atoms with E-state index in [1.54, 1.807) is 27.7 Å². The fraction of sp³-hybridized carbons (Fsp3) is 0.452. The third-order valence-electron chi connectivity index (χ3n) is 7.06. The van der Waals surface area contributed by atoms with Gasteiger partial charge in [0.15, 0.2) is 23.2 Å². The summed E-state index contributed by atoms with van der Waals surface area (Å²) in [5.41, 5.74) is 2.78. The van der Waals surface area contributed by atoms with Crippen molar-refractivity contribution in [2.45, 2.75) is 78.9 Å². The average molecular weight is 565 g/mol. The molecule has 4 rings (SSSR count). The first kappa shape index (κ1) is 30.0. The van der Waals surface area contributed by atoms with Gasteiger partial charge in [-0.1, -0.05) is 32.1 Å². The van der Waals surface area contributed by atoms with Crippen molar-refractivity contribution in [3.63, 3.8) is 0 Å². The van der Waals surface area contributed by atoms with Crippen molar-refractivity contribution in [1.29, 1.82) is 0 Å². The Morgan fingerprint density at radius 3 is 2.46 bits per heavy atom. The van der Waals surface area contributed by atoms with E-state index in [9.17, 15) is 23.9 Å². The van der Waals surface area contributed by atoms with Crippen LogP contribution < -0.4 is 5.32 Å². The fourth-order valence-electron chi connectivity index (χ4n) is 4.91. The van der Waals surface area contributed by atoms with Gasteiger partial charge in [-0.2, -0.15) is 5.10 Å². The van der Waals surface area contributed by atoms with Gasteiger partial charge in [0.2, 0.25) is 0 Å². The lowest BCUT2D eigenvalue weighted by Crippen LogP contribution is -2.31. The predicted octanol–water partition coefficient (Wildman–Crippen LogP) is 5.25. The van der Waals surface area contributed by atoms with E-state index in [2.05, 4.69) is 35.3 Å². The molecular weight excluding hydrogens is 527 g/mol. The number of hydrogen-bond donors (Lipinski definition) is 2. The molecule has 2 aromatic heterocycles. The third-order valence-corrected chi connectivity index (χ3v) is 7.06. The zero-order valence-corrected chi connectivity index (χ0v) is 24.4. The number of carbonyl (C=O) groups excluding carboxylic acids is 2. The minimum atomic E-state index is -1.30. The largest absolute Gasteiger partial charge is 0.479 e. The Bertz CT molecular complexity index is 1520. The number of benzene rings is 1. The van der Waals surface area contributed by atoms with Crippen LogP contribution in [0.15, 0.2) is 36.4 Å². The van der Waals surface area contributed by atoms with Crippen molar-refractivity contribution >= 4 is 28.9 Å². The Balaban J connectivity index is 1.70. The number of aliphatic carboxylic acids is 1. The number of nitrogens with one attached hydrogen (secondary N) is 1. The lowest BCUT2D eigenvalue weighted by atomic mass is 9.77. The van der Waals surface area contributed by atoms with Crippen LogP contribution in [0, 0.1) is 18.2 Å². The lowest BCUT2D eigenvalue weighted by molar-refractivity contribution is -0.160. The summed E-state index contributed by atoms with van der Waals surface area (Å²) in [7, 11) is 0. The number of ether oxygens (including phenoxy) is 1. The minimum absolute atomic E-state index is 0.0465. The van der Waals surface area contributed by atoms with Gasteiger partial charge >= 0.3 is 5.97 Å². The molecule has 0 saturated carbocycles.